The Morgan fingerprint density at radius 2 is 1.63 bits per heavy atom. The number of amides is 1. The molecule has 3 heterocycles. The Balaban J connectivity index is 1.26. The molecule has 1 fully saturated rings. The highest BCUT2D eigenvalue weighted by atomic mass is 19.1. The fourth-order valence-electron chi connectivity index (χ4n) is 5.09. The lowest BCUT2D eigenvalue weighted by atomic mass is 10.00. The van der Waals surface area contributed by atoms with Crippen LogP contribution >= 0.6 is 0 Å². The fourth-order valence-corrected chi connectivity index (χ4v) is 5.09. The topological polar surface area (TPSA) is 70.4 Å². The molecular weight excluding hydrogens is 481 g/mol. The molecule has 38 heavy (non-hydrogen) atoms. The molecule has 1 aromatic heterocycles. The van der Waals surface area contributed by atoms with Crippen LogP contribution in [0.25, 0.3) is 5.70 Å². The van der Waals surface area contributed by atoms with Gasteiger partial charge in [-0.05, 0) is 58.8 Å². The van der Waals surface area contributed by atoms with Gasteiger partial charge in [-0.1, -0.05) is 65.3 Å². The Morgan fingerprint density at radius 1 is 0.921 bits per heavy atom. The second kappa shape index (κ2) is 10.1. The second-order valence-corrected chi connectivity index (χ2v) is 9.63. The van der Waals surface area contributed by atoms with Crippen LogP contribution in [0.2, 0.25) is 0 Å². The molecule has 0 aliphatic carbocycles. The summed E-state index contributed by atoms with van der Waals surface area (Å²) in [5, 5.41) is 12.6. The molecule has 0 bridgehead atoms. The van der Waals surface area contributed by atoms with Gasteiger partial charge in [-0.2, -0.15) is 4.68 Å². The summed E-state index contributed by atoms with van der Waals surface area (Å²) in [5.41, 5.74) is 5.09. The molecule has 3 aromatic carbocycles. The number of carbonyl (C=O) groups excluding carboxylic acids is 1. The molecular formula is C29H28FN7O. The monoisotopic (exact) mass is 509 g/mol. The zero-order valence-corrected chi connectivity index (χ0v) is 21.1. The molecule has 192 valence electrons. The van der Waals surface area contributed by atoms with Crippen molar-refractivity contribution < 1.29 is 9.18 Å². The highest BCUT2D eigenvalue weighted by Crippen LogP contribution is 2.36. The largest absolute Gasteiger partial charge is 0.368 e. The number of nitrogens with zero attached hydrogens (tertiary/aromatic N) is 7. The minimum absolute atomic E-state index is 0.00878. The number of benzene rings is 3. The fraction of sp³-hybridized carbons (Fsp3) is 0.241. The normalized spacial score (nSPS) is 17.3. The molecule has 2 aliphatic rings. The van der Waals surface area contributed by atoms with Crippen molar-refractivity contribution in [2.45, 2.75) is 13.0 Å². The number of hydrogen-bond donors (Lipinski definition) is 0. The van der Waals surface area contributed by atoms with Crippen molar-refractivity contribution in [3.8, 4) is 0 Å². The molecule has 1 saturated heterocycles. The lowest BCUT2D eigenvalue weighted by molar-refractivity contribution is -0.129. The van der Waals surface area contributed by atoms with Gasteiger partial charge in [-0.3, -0.25) is 9.69 Å². The number of aromatic nitrogens is 4. The standard InChI is InChI=1S/C29H28FN7O/c1-21-7-9-23(10-8-21)26-19-27(22-5-3-2-4-6-22)37-29(31-32-33-37)36(26)20-28(38)35-17-15-34(16-18-35)25-13-11-24(30)12-14-25/h2-14,19,27H,15-18,20H2,1H3/t27-/m0/s1. The number of halogens is 1. The first-order valence-electron chi connectivity index (χ1n) is 12.7. The van der Waals surface area contributed by atoms with E-state index in [1.807, 2.05) is 28.0 Å². The van der Waals surface area contributed by atoms with Crippen molar-refractivity contribution in [2.24, 2.45) is 0 Å². The summed E-state index contributed by atoms with van der Waals surface area (Å²) in [6.45, 7) is 4.73. The van der Waals surface area contributed by atoms with Crippen LogP contribution in [-0.4, -0.2) is 63.7 Å². The number of anilines is 2. The SMILES string of the molecule is Cc1ccc(C2=C[C@@H](c3ccccc3)n3nnnc3N2CC(=O)N2CCN(c3ccc(F)cc3)CC2)cc1. The Bertz CT molecular complexity index is 1440. The van der Waals surface area contributed by atoms with Gasteiger partial charge in [0.2, 0.25) is 5.91 Å². The van der Waals surface area contributed by atoms with Crippen LogP contribution in [0, 0.1) is 12.7 Å². The van der Waals surface area contributed by atoms with Gasteiger partial charge >= 0.3 is 0 Å². The Hall–Kier alpha value is -4.53. The molecule has 4 aromatic rings. The Morgan fingerprint density at radius 3 is 2.34 bits per heavy atom. The van der Waals surface area contributed by atoms with Crippen molar-refractivity contribution in [2.75, 3.05) is 42.5 Å². The van der Waals surface area contributed by atoms with Gasteiger partial charge in [0.1, 0.15) is 18.4 Å². The summed E-state index contributed by atoms with van der Waals surface area (Å²) in [6.07, 6.45) is 2.13. The maximum atomic E-state index is 13.6. The molecule has 0 saturated carbocycles. The van der Waals surface area contributed by atoms with Crippen LogP contribution in [0.3, 0.4) is 0 Å². The highest BCUT2D eigenvalue weighted by Gasteiger charge is 2.33. The van der Waals surface area contributed by atoms with E-state index in [9.17, 15) is 9.18 Å². The number of hydrogen-bond acceptors (Lipinski definition) is 6. The number of carbonyl (C=O) groups is 1. The van der Waals surface area contributed by atoms with Gasteiger partial charge < -0.3 is 9.80 Å². The van der Waals surface area contributed by atoms with Gasteiger partial charge in [-0.15, -0.1) is 0 Å². The third-order valence-corrected chi connectivity index (χ3v) is 7.19. The van der Waals surface area contributed by atoms with Crippen LogP contribution in [0.4, 0.5) is 16.0 Å². The van der Waals surface area contributed by atoms with Gasteiger partial charge in [0, 0.05) is 31.9 Å². The van der Waals surface area contributed by atoms with Crippen molar-refractivity contribution in [1.82, 2.24) is 25.1 Å². The number of piperazine rings is 1. The quantitative estimate of drug-likeness (QED) is 0.406. The summed E-state index contributed by atoms with van der Waals surface area (Å²) in [7, 11) is 0. The Labute approximate surface area is 220 Å². The molecule has 1 amide bonds. The zero-order valence-electron chi connectivity index (χ0n) is 21.1. The number of allylic oxidation sites excluding steroid dienone is 1. The molecule has 0 spiro atoms. The first-order valence-corrected chi connectivity index (χ1v) is 12.7. The van der Waals surface area contributed by atoms with E-state index in [4.69, 9.17) is 0 Å². The summed E-state index contributed by atoms with van der Waals surface area (Å²) in [5.74, 6) is 0.295. The Kier molecular flexibility index (Phi) is 6.33. The van der Waals surface area contributed by atoms with E-state index < -0.39 is 0 Å². The smallest absolute Gasteiger partial charge is 0.251 e. The average molecular weight is 510 g/mol. The maximum absolute atomic E-state index is 13.6. The van der Waals surface area contributed by atoms with Crippen molar-refractivity contribution in [3.63, 3.8) is 0 Å². The molecule has 0 radical (unpaired) electrons. The molecule has 8 nitrogen and oxygen atoms in total. The molecule has 0 unspecified atom stereocenters. The number of fused-ring (bicyclic) bond motifs is 1. The summed E-state index contributed by atoms with van der Waals surface area (Å²) < 4.78 is 15.1. The van der Waals surface area contributed by atoms with Gasteiger partial charge in [0.25, 0.3) is 5.95 Å². The average Bonchev–Trinajstić information content (AvgIpc) is 3.45. The number of aryl methyl sites for hydroxylation is 1. The zero-order chi connectivity index (χ0) is 26.1. The molecule has 2 aliphatic heterocycles. The van der Waals surface area contributed by atoms with E-state index >= 15 is 0 Å². The predicted molar refractivity (Wildman–Crippen MR) is 144 cm³/mol. The summed E-state index contributed by atoms with van der Waals surface area (Å²) in [4.78, 5) is 19.5. The molecule has 0 N–H and O–H groups in total. The van der Waals surface area contributed by atoms with E-state index in [-0.39, 0.29) is 24.3 Å². The van der Waals surface area contributed by atoms with E-state index in [0.29, 0.717) is 32.1 Å². The molecule has 9 heteroatoms. The van der Waals surface area contributed by atoms with Crippen molar-refractivity contribution in [1.29, 1.82) is 0 Å². The van der Waals surface area contributed by atoms with Crippen LogP contribution in [0.1, 0.15) is 22.7 Å². The first kappa shape index (κ1) is 23.8. The third kappa shape index (κ3) is 4.63. The molecule has 1 atom stereocenters. The first-order chi connectivity index (χ1) is 18.6. The van der Waals surface area contributed by atoms with Crippen molar-refractivity contribution in [3.05, 3.63) is 107 Å². The van der Waals surface area contributed by atoms with E-state index in [2.05, 4.69) is 69.8 Å². The van der Waals surface area contributed by atoms with Gasteiger partial charge in [0.05, 0.1) is 5.70 Å². The third-order valence-electron chi connectivity index (χ3n) is 7.19. The number of rotatable bonds is 5. The molecule has 6 rings (SSSR count). The van der Waals surface area contributed by atoms with E-state index in [1.54, 1.807) is 16.8 Å². The van der Waals surface area contributed by atoms with E-state index in [0.717, 1.165) is 28.1 Å². The maximum Gasteiger partial charge on any atom is 0.251 e. The highest BCUT2D eigenvalue weighted by molar-refractivity contribution is 5.89. The minimum Gasteiger partial charge on any atom is -0.368 e. The lowest BCUT2D eigenvalue weighted by Crippen LogP contribution is -2.51. The summed E-state index contributed by atoms with van der Waals surface area (Å²) in [6, 6.07) is 24.7. The van der Waals surface area contributed by atoms with Gasteiger partial charge in [0.15, 0.2) is 0 Å². The lowest BCUT2D eigenvalue weighted by Gasteiger charge is -2.38. The van der Waals surface area contributed by atoms with Gasteiger partial charge in [-0.25, -0.2) is 4.39 Å². The predicted octanol–water partition coefficient (Wildman–Crippen LogP) is 3.92. The van der Waals surface area contributed by atoms with Crippen LogP contribution in [-0.2, 0) is 4.79 Å². The van der Waals surface area contributed by atoms with Crippen LogP contribution < -0.4 is 9.80 Å². The number of tetrazole rings is 1. The second-order valence-electron chi connectivity index (χ2n) is 9.63. The van der Waals surface area contributed by atoms with Crippen LogP contribution in [0.15, 0.2) is 84.9 Å². The summed E-state index contributed by atoms with van der Waals surface area (Å²) >= 11 is 0. The van der Waals surface area contributed by atoms with Crippen molar-refractivity contribution >= 4 is 23.2 Å². The minimum atomic E-state index is -0.252. The van der Waals surface area contributed by atoms with E-state index in [1.165, 1.54) is 12.1 Å². The van der Waals surface area contributed by atoms with Crippen LogP contribution in [0.5, 0.6) is 0 Å².